The second kappa shape index (κ2) is 6.37. The van der Waals surface area contributed by atoms with Gasteiger partial charge in [0.2, 0.25) is 0 Å². The minimum atomic E-state index is 0.185. The summed E-state index contributed by atoms with van der Waals surface area (Å²) in [5.41, 5.74) is 10.4. The van der Waals surface area contributed by atoms with Crippen LogP contribution in [0.4, 0.5) is 0 Å². The lowest BCUT2D eigenvalue weighted by atomic mass is 10.2. The highest BCUT2D eigenvalue weighted by Gasteiger charge is 1.94. The summed E-state index contributed by atoms with van der Waals surface area (Å²) >= 11 is 1.71. The topological polar surface area (TPSA) is 77.3 Å². The quantitative estimate of drug-likeness (QED) is 0.421. The zero-order valence-corrected chi connectivity index (χ0v) is 8.96. The van der Waals surface area contributed by atoms with E-state index in [4.69, 9.17) is 11.5 Å². The molecule has 0 fully saturated rings. The van der Waals surface area contributed by atoms with Crippen LogP contribution in [0.1, 0.15) is 24.3 Å². The van der Waals surface area contributed by atoms with E-state index in [1.165, 1.54) is 5.01 Å². The summed E-state index contributed by atoms with van der Waals surface area (Å²) < 4.78 is 0. The molecular formula is C9H16N4S. The molecule has 1 aromatic rings. The van der Waals surface area contributed by atoms with Crippen LogP contribution < -0.4 is 11.5 Å². The molecule has 1 heterocycles. The number of rotatable bonds is 6. The molecule has 5 heteroatoms. The monoisotopic (exact) mass is 212 g/mol. The number of hydrogen-bond acceptors (Lipinski definition) is 3. The summed E-state index contributed by atoms with van der Waals surface area (Å²) in [6, 6.07) is 0. The fraction of sp³-hybridized carbons (Fsp3) is 0.556. The van der Waals surface area contributed by atoms with E-state index in [0.29, 0.717) is 0 Å². The normalized spacial score (nSPS) is 10.0. The third-order valence-electron chi connectivity index (χ3n) is 1.83. The zero-order chi connectivity index (χ0) is 10.2. The van der Waals surface area contributed by atoms with Crippen molar-refractivity contribution >= 4 is 17.3 Å². The molecule has 0 aliphatic carbocycles. The molecule has 0 aliphatic heterocycles. The lowest BCUT2D eigenvalue weighted by Gasteiger charge is -1.97. The molecule has 1 aromatic heterocycles. The minimum absolute atomic E-state index is 0.185. The lowest BCUT2D eigenvalue weighted by molar-refractivity contribution is 0.685. The average molecular weight is 212 g/mol. The Kier molecular flexibility index (Phi) is 4.99. The first-order valence-electron chi connectivity index (χ1n) is 4.73. The predicted octanol–water partition coefficient (Wildman–Crippen LogP) is 1.13. The van der Waals surface area contributed by atoms with Gasteiger partial charge in [0.15, 0.2) is 5.96 Å². The van der Waals surface area contributed by atoms with Crippen molar-refractivity contribution < 1.29 is 0 Å². The van der Waals surface area contributed by atoms with Gasteiger partial charge in [-0.05, 0) is 19.3 Å². The Hall–Kier alpha value is -1.10. The highest BCUT2D eigenvalue weighted by Crippen LogP contribution is 2.09. The summed E-state index contributed by atoms with van der Waals surface area (Å²) in [4.78, 5) is 8.13. The smallest absolute Gasteiger partial charge is 0.185 e. The maximum atomic E-state index is 5.20. The van der Waals surface area contributed by atoms with Gasteiger partial charge < -0.3 is 11.5 Å². The molecule has 0 amide bonds. The van der Waals surface area contributed by atoms with Gasteiger partial charge in [0.1, 0.15) is 0 Å². The van der Waals surface area contributed by atoms with E-state index in [1.807, 2.05) is 11.6 Å². The number of nitrogens with two attached hydrogens (primary N) is 2. The molecular weight excluding hydrogens is 196 g/mol. The zero-order valence-electron chi connectivity index (χ0n) is 8.15. The number of hydrogen-bond donors (Lipinski definition) is 2. The van der Waals surface area contributed by atoms with Crippen LogP contribution in [0.5, 0.6) is 0 Å². The largest absolute Gasteiger partial charge is 0.370 e. The Balaban J connectivity index is 1.98. The van der Waals surface area contributed by atoms with Crippen molar-refractivity contribution in [3.05, 3.63) is 16.6 Å². The second-order valence-electron chi connectivity index (χ2n) is 3.04. The van der Waals surface area contributed by atoms with Crippen molar-refractivity contribution in [2.75, 3.05) is 6.54 Å². The van der Waals surface area contributed by atoms with E-state index in [0.717, 1.165) is 32.2 Å². The SMILES string of the molecule is NC(N)=NCCCCCc1nccs1. The van der Waals surface area contributed by atoms with Gasteiger partial charge in [-0.1, -0.05) is 6.42 Å². The second-order valence-corrected chi connectivity index (χ2v) is 4.02. The average Bonchev–Trinajstić information content (AvgIpc) is 2.63. The van der Waals surface area contributed by atoms with E-state index in [2.05, 4.69) is 9.98 Å². The molecule has 0 aliphatic rings. The summed E-state index contributed by atoms with van der Waals surface area (Å²) in [5, 5.41) is 3.22. The first-order valence-corrected chi connectivity index (χ1v) is 5.61. The highest BCUT2D eigenvalue weighted by molar-refractivity contribution is 7.09. The van der Waals surface area contributed by atoms with Crippen molar-refractivity contribution in [2.45, 2.75) is 25.7 Å². The van der Waals surface area contributed by atoms with Crippen LogP contribution in [0.15, 0.2) is 16.6 Å². The fourth-order valence-corrected chi connectivity index (χ4v) is 1.81. The molecule has 0 radical (unpaired) electrons. The van der Waals surface area contributed by atoms with E-state index >= 15 is 0 Å². The summed E-state index contributed by atoms with van der Waals surface area (Å²) in [6.45, 7) is 0.736. The number of unbranched alkanes of at least 4 members (excludes halogenated alkanes) is 2. The van der Waals surface area contributed by atoms with Gasteiger partial charge in [-0.3, -0.25) is 4.99 Å². The standard InChI is InChI=1S/C9H16N4S/c10-9(11)13-5-3-1-2-4-8-12-6-7-14-8/h6-7H,1-5H2,(H4,10,11,13). The molecule has 0 atom stereocenters. The van der Waals surface area contributed by atoms with Crippen LogP contribution in [-0.2, 0) is 6.42 Å². The van der Waals surface area contributed by atoms with Crippen molar-refractivity contribution in [1.29, 1.82) is 0 Å². The summed E-state index contributed by atoms with van der Waals surface area (Å²) in [6.07, 6.45) is 6.27. The molecule has 4 nitrogen and oxygen atoms in total. The molecule has 78 valence electrons. The van der Waals surface area contributed by atoms with Crippen LogP contribution in [0.25, 0.3) is 0 Å². The van der Waals surface area contributed by atoms with E-state index in [-0.39, 0.29) is 5.96 Å². The van der Waals surface area contributed by atoms with Crippen molar-refractivity contribution in [3.8, 4) is 0 Å². The molecule has 0 spiro atoms. The molecule has 0 aromatic carbocycles. The molecule has 0 saturated carbocycles. The van der Waals surface area contributed by atoms with Crippen molar-refractivity contribution in [1.82, 2.24) is 4.98 Å². The Labute approximate surface area is 88.1 Å². The number of aryl methyl sites for hydroxylation is 1. The molecule has 1 rings (SSSR count). The third-order valence-corrected chi connectivity index (χ3v) is 2.67. The highest BCUT2D eigenvalue weighted by atomic mass is 32.1. The molecule has 14 heavy (non-hydrogen) atoms. The fourth-order valence-electron chi connectivity index (χ4n) is 1.15. The van der Waals surface area contributed by atoms with Crippen molar-refractivity contribution in [2.24, 2.45) is 16.5 Å². The number of thiazole rings is 1. The summed E-state index contributed by atoms with van der Waals surface area (Å²) in [7, 11) is 0. The number of aliphatic imine (C=N–C) groups is 1. The molecule has 0 saturated heterocycles. The van der Waals surface area contributed by atoms with Gasteiger partial charge in [-0.15, -0.1) is 11.3 Å². The van der Waals surface area contributed by atoms with Gasteiger partial charge in [-0.2, -0.15) is 0 Å². The Morgan fingerprint density at radius 3 is 2.86 bits per heavy atom. The maximum Gasteiger partial charge on any atom is 0.185 e. The molecule has 0 bridgehead atoms. The number of aromatic nitrogens is 1. The Bertz CT molecular complexity index is 264. The van der Waals surface area contributed by atoms with E-state index in [9.17, 15) is 0 Å². The number of nitrogens with zero attached hydrogens (tertiary/aromatic N) is 2. The lowest BCUT2D eigenvalue weighted by Crippen LogP contribution is -2.22. The van der Waals surface area contributed by atoms with Crippen LogP contribution in [-0.4, -0.2) is 17.5 Å². The maximum absolute atomic E-state index is 5.20. The molecule has 0 unspecified atom stereocenters. The van der Waals surface area contributed by atoms with E-state index in [1.54, 1.807) is 11.3 Å². The van der Waals surface area contributed by atoms with Crippen molar-refractivity contribution in [3.63, 3.8) is 0 Å². The first-order chi connectivity index (χ1) is 6.79. The van der Waals surface area contributed by atoms with Gasteiger partial charge >= 0.3 is 0 Å². The third kappa shape index (κ3) is 4.81. The summed E-state index contributed by atoms with van der Waals surface area (Å²) in [5.74, 6) is 0.185. The van der Waals surface area contributed by atoms with Crippen LogP contribution >= 0.6 is 11.3 Å². The van der Waals surface area contributed by atoms with Crippen LogP contribution in [0.3, 0.4) is 0 Å². The van der Waals surface area contributed by atoms with E-state index < -0.39 is 0 Å². The predicted molar refractivity (Wildman–Crippen MR) is 60.3 cm³/mol. The van der Waals surface area contributed by atoms with Crippen LogP contribution in [0.2, 0.25) is 0 Å². The first kappa shape index (κ1) is 11.0. The molecule has 4 N–H and O–H groups in total. The minimum Gasteiger partial charge on any atom is -0.370 e. The van der Waals surface area contributed by atoms with Crippen LogP contribution in [0, 0.1) is 0 Å². The van der Waals surface area contributed by atoms with Gasteiger partial charge in [-0.25, -0.2) is 4.98 Å². The van der Waals surface area contributed by atoms with Gasteiger partial charge in [0, 0.05) is 18.1 Å². The Morgan fingerprint density at radius 1 is 1.36 bits per heavy atom. The van der Waals surface area contributed by atoms with Gasteiger partial charge in [0.25, 0.3) is 0 Å². The number of guanidine groups is 1. The van der Waals surface area contributed by atoms with Gasteiger partial charge in [0.05, 0.1) is 5.01 Å². The Morgan fingerprint density at radius 2 is 2.21 bits per heavy atom.